The zero-order valence-electron chi connectivity index (χ0n) is 8.34. The van der Waals surface area contributed by atoms with E-state index in [1.807, 2.05) is 11.8 Å². The molecule has 0 fully saturated rings. The molecule has 0 spiro atoms. The number of rotatable bonds is 8. The Bertz CT molecular complexity index is 148. The van der Waals surface area contributed by atoms with Crippen LogP contribution in [0, 0.1) is 0 Å². The number of nitrogens with one attached hydrogen (secondary N) is 1. The second-order valence-electron chi connectivity index (χ2n) is 2.81. The highest BCUT2D eigenvalue weighted by Gasteiger charge is 1.92. The third kappa shape index (κ3) is 9.47. The van der Waals surface area contributed by atoms with E-state index < -0.39 is 0 Å². The summed E-state index contributed by atoms with van der Waals surface area (Å²) in [5.74, 6) is 2.13. The van der Waals surface area contributed by atoms with Crippen LogP contribution in [0.25, 0.3) is 0 Å². The van der Waals surface area contributed by atoms with Crippen molar-refractivity contribution in [3.63, 3.8) is 0 Å². The smallest absolute Gasteiger partial charge is 0.243 e. The summed E-state index contributed by atoms with van der Waals surface area (Å²) in [7, 11) is 0. The van der Waals surface area contributed by atoms with Gasteiger partial charge < -0.3 is 5.32 Å². The first-order valence-corrected chi connectivity index (χ1v) is 5.94. The van der Waals surface area contributed by atoms with E-state index in [2.05, 4.69) is 18.8 Å². The van der Waals surface area contributed by atoms with E-state index in [1.165, 1.54) is 31.1 Å². The lowest BCUT2D eigenvalue weighted by atomic mass is 10.3. The zero-order valence-corrected chi connectivity index (χ0v) is 9.16. The molecule has 0 saturated carbocycles. The molecule has 0 atom stereocenters. The van der Waals surface area contributed by atoms with Gasteiger partial charge in [0.1, 0.15) is 0 Å². The molecule has 0 aliphatic heterocycles. The second kappa shape index (κ2) is 9.65. The summed E-state index contributed by atoms with van der Waals surface area (Å²) in [5.41, 5.74) is 0. The fraction of sp³-hybridized carbons (Fsp3) is 0.700. The highest BCUT2D eigenvalue weighted by atomic mass is 32.2. The summed E-state index contributed by atoms with van der Waals surface area (Å²) < 4.78 is 0. The van der Waals surface area contributed by atoms with Crippen molar-refractivity contribution in [2.75, 3.05) is 18.1 Å². The summed E-state index contributed by atoms with van der Waals surface area (Å²) in [6.07, 6.45) is 5.18. The molecule has 0 unspecified atom stereocenters. The Labute approximate surface area is 85.2 Å². The van der Waals surface area contributed by atoms with Crippen LogP contribution in [0.2, 0.25) is 0 Å². The van der Waals surface area contributed by atoms with E-state index in [0.29, 0.717) is 0 Å². The van der Waals surface area contributed by atoms with Crippen molar-refractivity contribution in [3.05, 3.63) is 12.7 Å². The van der Waals surface area contributed by atoms with Crippen molar-refractivity contribution in [1.29, 1.82) is 0 Å². The first-order valence-electron chi connectivity index (χ1n) is 4.79. The van der Waals surface area contributed by atoms with Crippen molar-refractivity contribution in [3.8, 4) is 0 Å². The summed E-state index contributed by atoms with van der Waals surface area (Å²) in [6, 6.07) is 0. The fourth-order valence-corrected chi connectivity index (χ4v) is 1.73. The number of amides is 1. The van der Waals surface area contributed by atoms with Crippen LogP contribution in [0.3, 0.4) is 0 Å². The number of carbonyl (C=O) groups is 1. The fourth-order valence-electron chi connectivity index (χ4n) is 0.875. The van der Waals surface area contributed by atoms with Gasteiger partial charge in [0.2, 0.25) is 5.91 Å². The minimum Gasteiger partial charge on any atom is -0.352 e. The van der Waals surface area contributed by atoms with E-state index in [9.17, 15) is 4.79 Å². The topological polar surface area (TPSA) is 29.1 Å². The first-order chi connectivity index (χ1) is 6.31. The molecule has 0 aromatic rings. The molecular weight excluding hydrogens is 182 g/mol. The summed E-state index contributed by atoms with van der Waals surface area (Å²) in [4.78, 5) is 10.7. The molecular formula is C10H19NOS. The maximum atomic E-state index is 10.7. The van der Waals surface area contributed by atoms with Gasteiger partial charge in [0.25, 0.3) is 0 Å². The summed E-state index contributed by atoms with van der Waals surface area (Å²) >= 11 is 1.90. The molecule has 0 aromatic heterocycles. The number of hydrogen-bond acceptors (Lipinski definition) is 2. The predicted octanol–water partition coefficient (Wildman–Crippen LogP) is 2.21. The molecule has 0 aliphatic rings. The van der Waals surface area contributed by atoms with Crippen molar-refractivity contribution in [2.45, 2.75) is 26.2 Å². The lowest BCUT2D eigenvalue weighted by molar-refractivity contribution is -0.116. The van der Waals surface area contributed by atoms with E-state index in [0.717, 1.165) is 12.3 Å². The van der Waals surface area contributed by atoms with Gasteiger partial charge in [-0.3, -0.25) is 4.79 Å². The normalized spacial score (nSPS) is 9.62. The zero-order chi connectivity index (χ0) is 9.94. The van der Waals surface area contributed by atoms with Crippen LogP contribution in [0.15, 0.2) is 12.7 Å². The number of thioether (sulfide) groups is 1. The van der Waals surface area contributed by atoms with Crippen LogP contribution < -0.4 is 5.32 Å². The molecule has 0 saturated heterocycles. The first kappa shape index (κ1) is 12.6. The SMILES string of the molecule is C=CC(=O)NCCSCCCCC. The third-order valence-electron chi connectivity index (χ3n) is 1.62. The van der Waals surface area contributed by atoms with Gasteiger partial charge in [0.05, 0.1) is 0 Å². The molecule has 0 aromatic carbocycles. The Morgan fingerprint density at radius 1 is 1.46 bits per heavy atom. The van der Waals surface area contributed by atoms with Gasteiger partial charge in [-0.15, -0.1) is 0 Å². The third-order valence-corrected chi connectivity index (χ3v) is 2.69. The molecule has 13 heavy (non-hydrogen) atoms. The second-order valence-corrected chi connectivity index (χ2v) is 4.04. The van der Waals surface area contributed by atoms with Crippen molar-refractivity contribution >= 4 is 17.7 Å². The monoisotopic (exact) mass is 201 g/mol. The van der Waals surface area contributed by atoms with Crippen molar-refractivity contribution < 1.29 is 4.79 Å². The molecule has 76 valence electrons. The molecule has 0 aliphatic carbocycles. The van der Waals surface area contributed by atoms with Crippen LogP contribution in [-0.4, -0.2) is 24.0 Å². The maximum absolute atomic E-state index is 10.7. The van der Waals surface area contributed by atoms with Crippen molar-refractivity contribution in [1.82, 2.24) is 5.32 Å². The molecule has 2 nitrogen and oxygen atoms in total. The average Bonchev–Trinajstić information content (AvgIpc) is 2.16. The van der Waals surface area contributed by atoms with Crippen LogP contribution >= 0.6 is 11.8 Å². The Balaban J connectivity index is 2.99. The standard InChI is InChI=1S/C10H19NOS/c1-3-5-6-8-13-9-7-11-10(12)4-2/h4H,2-3,5-9H2,1H3,(H,11,12). The minimum atomic E-state index is -0.0749. The van der Waals surface area contributed by atoms with E-state index >= 15 is 0 Å². The summed E-state index contributed by atoms with van der Waals surface area (Å²) in [5, 5.41) is 2.75. The van der Waals surface area contributed by atoms with Gasteiger partial charge in [-0.05, 0) is 18.2 Å². The average molecular weight is 201 g/mol. The Morgan fingerprint density at radius 3 is 2.85 bits per heavy atom. The number of unbranched alkanes of at least 4 members (excludes halogenated alkanes) is 2. The van der Waals surface area contributed by atoms with E-state index in [-0.39, 0.29) is 5.91 Å². The molecule has 0 heterocycles. The number of hydrogen-bond donors (Lipinski definition) is 1. The summed E-state index contributed by atoms with van der Waals surface area (Å²) in [6.45, 7) is 6.34. The van der Waals surface area contributed by atoms with Gasteiger partial charge in [0.15, 0.2) is 0 Å². The van der Waals surface area contributed by atoms with E-state index in [4.69, 9.17) is 0 Å². The number of carbonyl (C=O) groups excluding carboxylic acids is 1. The maximum Gasteiger partial charge on any atom is 0.243 e. The molecule has 0 radical (unpaired) electrons. The highest BCUT2D eigenvalue weighted by molar-refractivity contribution is 7.99. The highest BCUT2D eigenvalue weighted by Crippen LogP contribution is 2.04. The van der Waals surface area contributed by atoms with Crippen LogP contribution in [0.5, 0.6) is 0 Å². The molecule has 0 bridgehead atoms. The van der Waals surface area contributed by atoms with Gasteiger partial charge >= 0.3 is 0 Å². The lowest BCUT2D eigenvalue weighted by Crippen LogP contribution is -2.23. The molecule has 3 heteroatoms. The van der Waals surface area contributed by atoms with Gasteiger partial charge in [-0.1, -0.05) is 26.3 Å². The van der Waals surface area contributed by atoms with Crippen LogP contribution in [0.1, 0.15) is 26.2 Å². The minimum absolute atomic E-state index is 0.0749. The molecule has 1 amide bonds. The lowest BCUT2D eigenvalue weighted by Gasteiger charge is -2.01. The van der Waals surface area contributed by atoms with E-state index in [1.54, 1.807) is 0 Å². The van der Waals surface area contributed by atoms with Gasteiger partial charge in [-0.2, -0.15) is 11.8 Å². The van der Waals surface area contributed by atoms with Gasteiger partial charge in [-0.25, -0.2) is 0 Å². The Kier molecular flexibility index (Phi) is 9.32. The van der Waals surface area contributed by atoms with Gasteiger partial charge in [0, 0.05) is 12.3 Å². The largest absolute Gasteiger partial charge is 0.352 e. The Hall–Kier alpha value is -0.440. The quantitative estimate of drug-likeness (QED) is 0.482. The molecule has 0 rings (SSSR count). The van der Waals surface area contributed by atoms with Crippen LogP contribution in [-0.2, 0) is 4.79 Å². The predicted molar refractivity (Wildman–Crippen MR) is 60.1 cm³/mol. The Morgan fingerprint density at radius 2 is 2.23 bits per heavy atom. The van der Waals surface area contributed by atoms with Crippen LogP contribution in [0.4, 0.5) is 0 Å². The molecule has 1 N–H and O–H groups in total. The van der Waals surface area contributed by atoms with Crippen molar-refractivity contribution in [2.24, 2.45) is 0 Å².